The highest BCUT2D eigenvalue weighted by atomic mass is 32.2. The van der Waals surface area contributed by atoms with Crippen LogP contribution in [0.15, 0.2) is 24.3 Å². The van der Waals surface area contributed by atoms with Crippen LogP contribution in [-0.2, 0) is 21.5 Å². The second-order valence-electron chi connectivity index (χ2n) is 7.62. The van der Waals surface area contributed by atoms with Gasteiger partial charge in [0.25, 0.3) is 0 Å². The number of nitrogens with zero attached hydrogens (tertiary/aromatic N) is 1. The summed E-state index contributed by atoms with van der Waals surface area (Å²) in [4.78, 5) is 15.0. The molecule has 0 heterocycles. The van der Waals surface area contributed by atoms with Gasteiger partial charge in [0.15, 0.2) is 0 Å². The molecule has 154 valence electrons. The summed E-state index contributed by atoms with van der Waals surface area (Å²) >= 11 is 0. The van der Waals surface area contributed by atoms with Crippen LogP contribution in [0.2, 0.25) is 0 Å². The second kappa shape index (κ2) is 11.3. The first-order valence-corrected chi connectivity index (χ1v) is 11.7. The SMILES string of the molecule is CCCC[C@@H](CC)C(=O)N(CCC(C)C)Cc1ccc(OS(C)(=O)=O)cc1. The molecule has 0 radical (unpaired) electrons. The molecule has 6 heteroatoms. The van der Waals surface area contributed by atoms with Gasteiger partial charge >= 0.3 is 10.1 Å². The molecule has 0 saturated carbocycles. The zero-order chi connectivity index (χ0) is 20.4. The Morgan fingerprint density at radius 1 is 1.11 bits per heavy atom. The third kappa shape index (κ3) is 9.27. The first-order valence-electron chi connectivity index (χ1n) is 9.93. The molecule has 1 amide bonds. The molecule has 0 N–H and O–H groups in total. The summed E-state index contributed by atoms with van der Waals surface area (Å²) in [5, 5.41) is 0. The smallest absolute Gasteiger partial charge is 0.306 e. The number of rotatable bonds is 12. The van der Waals surface area contributed by atoms with E-state index in [1.807, 2.05) is 17.0 Å². The van der Waals surface area contributed by atoms with E-state index in [0.29, 0.717) is 12.5 Å². The molecule has 1 atom stereocenters. The Hall–Kier alpha value is -1.56. The fourth-order valence-electron chi connectivity index (χ4n) is 2.94. The first kappa shape index (κ1) is 23.5. The predicted molar refractivity (Wildman–Crippen MR) is 110 cm³/mol. The topological polar surface area (TPSA) is 63.7 Å². The van der Waals surface area contributed by atoms with E-state index in [1.54, 1.807) is 12.1 Å². The molecule has 5 nitrogen and oxygen atoms in total. The van der Waals surface area contributed by atoms with Gasteiger partial charge in [-0.3, -0.25) is 4.79 Å². The van der Waals surface area contributed by atoms with Crippen LogP contribution in [-0.4, -0.2) is 32.0 Å². The molecule has 0 fully saturated rings. The van der Waals surface area contributed by atoms with Gasteiger partial charge < -0.3 is 9.08 Å². The summed E-state index contributed by atoms with van der Waals surface area (Å²) in [5.74, 6) is 1.12. The Balaban J connectivity index is 2.88. The lowest BCUT2D eigenvalue weighted by Gasteiger charge is -2.28. The van der Waals surface area contributed by atoms with Crippen molar-refractivity contribution in [1.82, 2.24) is 4.90 Å². The predicted octanol–water partition coefficient (Wildman–Crippen LogP) is 4.62. The second-order valence-corrected chi connectivity index (χ2v) is 9.20. The molecule has 0 aliphatic heterocycles. The molecule has 1 aromatic rings. The minimum Gasteiger partial charge on any atom is -0.383 e. The highest BCUT2D eigenvalue weighted by Gasteiger charge is 2.22. The number of unbranched alkanes of at least 4 members (excludes halogenated alkanes) is 1. The van der Waals surface area contributed by atoms with Crippen LogP contribution in [0.4, 0.5) is 0 Å². The third-order valence-corrected chi connectivity index (χ3v) is 5.08. The van der Waals surface area contributed by atoms with E-state index >= 15 is 0 Å². The van der Waals surface area contributed by atoms with Crippen molar-refractivity contribution in [2.45, 2.75) is 66.3 Å². The van der Waals surface area contributed by atoms with E-state index in [1.165, 1.54) is 0 Å². The summed E-state index contributed by atoms with van der Waals surface area (Å²) in [6.45, 7) is 9.82. The van der Waals surface area contributed by atoms with E-state index in [0.717, 1.165) is 50.5 Å². The molecular formula is C21H35NO4S. The van der Waals surface area contributed by atoms with Crippen LogP contribution < -0.4 is 4.18 Å². The molecule has 0 spiro atoms. The lowest BCUT2D eigenvalue weighted by Crippen LogP contribution is -2.36. The fourth-order valence-corrected chi connectivity index (χ4v) is 3.40. The number of carbonyl (C=O) groups excluding carboxylic acids is 1. The van der Waals surface area contributed by atoms with Gasteiger partial charge in [-0.25, -0.2) is 0 Å². The monoisotopic (exact) mass is 397 g/mol. The Labute approximate surface area is 165 Å². The minimum atomic E-state index is -3.53. The Morgan fingerprint density at radius 3 is 2.22 bits per heavy atom. The van der Waals surface area contributed by atoms with Crippen LogP contribution >= 0.6 is 0 Å². The van der Waals surface area contributed by atoms with E-state index in [4.69, 9.17) is 4.18 Å². The number of hydrogen-bond acceptors (Lipinski definition) is 4. The van der Waals surface area contributed by atoms with Crippen molar-refractivity contribution in [2.75, 3.05) is 12.8 Å². The van der Waals surface area contributed by atoms with Crippen molar-refractivity contribution < 1.29 is 17.4 Å². The molecule has 0 saturated heterocycles. The zero-order valence-corrected chi connectivity index (χ0v) is 18.2. The maximum Gasteiger partial charge on any atom is 0.306 e. The first-order chi connectivity index (χ1) is 12.7. The van der Waals surface area contributed by atoms with Crippen LogP contribution in [0, 0.1) is 11.8 Å². The van der Waals surface area contributed by atoms with Gasteiger partial charge in [0, 0.05) is 19.0 Å². The average molecular weight is 398 g/mol. The standard InChI is InChI=1S/C21H35NO4S/c1-6-8-9-19(7-2)21(23)22(15-14-17(3)4)16-18-10-12-20(13-11-18)26-27(5,24)25/h10-13,17,19H,6-9,14-16H2,1-5H3/t19-/m1/s1. The van der Waals surface area contributed by atoms with Crippen molar-refractivity contribution >= 4 is 16.0 Å². The quantitative estimate of drug-likeness (QED) is 0.483. The van der Waals surface area contributed by atoms with E-state index < -0.39 is 10.1 Å². The largest absolute Gasteiger partial charge is 0.383 e. The van der Waals surface area contributed by atoms with Gasteiger partial charge in [-0.05, 0) is 42.9 Å². The average Bonchev–Trinajstić information content (AvgIpc) is 2.59. The van der Waals surface area contributed by atoms with Crippen LogP contribution in [0.5, 0.6) is 5.75 Å². The normalized spacial score (nSPS) is 12.8. The zero-order valence-electron chi connectivity index (χ0n) is 17.4. The van der Waals surface area contributed by atoms with Crippen LogP contribution in [0.25, 0.3) is 0 Å². The number of carbonyl (C=O) groups is 1. The lowest BCUT2D eigenvalue weighted by atomic mass is 9.97. The van der Waals surface area contributed by atoms with Crippen LogP contribution in [0.3, 0.4) is 0 Å². The number of benzene rings is 1. The third-order valence-electron chi connectivity index (χ3n) is 4.58. The molecule has 0 aliphatic carbocycles. The highest BCUT2D eigenvalue weighted by molar-refractivity contribution is 7.86. The molecule has 0 aliphatic rings. The Bertz CT molecular complexity index is 668. The van der Waals surface area contributed by atoms with Crippen molar-refractivity contribution in [3.8, 4) is 5.75 Å². The van der Waals surface area contributed by atoms with Crippen molar-refractivity contribution in [2.24, 2.45) is 11.8 Å². The summed E-state index contributed by atoms with van der Waals surface area (Å²) in [5.41, 5.74) is 0.971. The molecule has 1 aromatic carbocycles. The molecule has 0 unspecified atom stereocenters. The molecule has 27 heavy (non-hydrogen) atoms. The maximum atomic E-state index is 13.1. The Morgan fingerprint density at radius 2 is 1.74 bits per heavy atom. The Kier molecular flexibility index (Phi) is 9.84. The van der Waals surface area contributed by atoms with Crippen molar-refractivity contribution in [3.05, 3.63) is 29.8 Å². The highest BCUT2D eigenvalue weighted by Crippen LogP contribution is 2.20. The molecule has 0 aromatic heterocycles. The van der Waals surface area contributed by atoms with E-state index in [-0.39, 0.29) is 17.6 Å². The summed E-state index contributed by atoms with van der Waals surface area (Å²) < 4.78 is 27.3. The van der Waals surface area contributed by atoms with Gasteiger partial charge in [0.2, 0.25) is 5.91 Å². The van der Waals surface area contributed by atoms with Gasteiger partial charge in [-0.1, -0.05) is 52.7 Å². The minimum absolute atomic E-state index is 0.0740. The lowest BCUT2D eigenvalue weighted by molar-refractivity contribution is -0.136. The number of hydrogen-bond donors (Lipinski definition) is 0. The van der Waals surface area contributed by atoms with E-state index in [9.17, 15) is 13.2 Å². The van der Waals surface area contributed by atoms with E-state index in [2.05, 4.69) is 27.7 Å². The summed E-state index contributed by atoms with van der Waals surface area (Å²) in [6, 6.07) is 6.91. The van der Waals surface area contributed by atoms with Crippen molar-refractivity contribution in [3.63, 3.8) is 0 Å². The number of amides is 1. The maximum absolute atomic E-state index is 13.1. The van der Waals surface area contributed by atoms with Gasteiger partial charge in [0.1, 0.15) is 5.75 Å². The van der Waals surface area contributed by atoms with Gasteiger partial charge in [-0.2, -0.15) is 8.42 Å². The fraction of sp³-hybridized carbons (Fsp3) is 0.667. The van der Waals surface area contributed by atoms with Gasteiger partial charge in [0.05, 0.1) is 6.26 Å². The molecular weight excluding hydrogens is 362 g/mol. The molecule has 1 rings (SSSR count). The molecule has 0 bridgehead atoms. The van der Waals surface area contributed by atoms with Gasteiger partial charge in [-0.15, -0.1) is 0 Å². The summed E-state index contributed by atoms with van der Waals surface area (Å²) in [6.07, 6.45) is 5.94. The van der Waals surface area contributed by atoms with Crippen LogP contribution in [0.1, 0.15) is 65.4 Å². The van der Waals surface area contributed by atoms with Crippen molar-refractivity contribution in [1.29, 1.82) is 0 Å². The summed E-state index contributed by atoms with van der Waals surface area (Å²) in [7, 11) is -3.53.